The summed E-state index contributed by atoms with van der Waals surface area (Å²) in [7, 11) is 1.64. The van der Waals surface area contributed by atoms with E-state index >= 15 is 0 Å². The van der Waals surface area contributed by atoms with Crippen molar-refractivity contribution in [3.05, 3.63) is 53.2 Å². The van der Waals surface area contributed by atoms with Crippen LogP contribution in [0.4, 0.5) is 0 Å². The predicted molar refractivity (Wildman–Crippen MR) is 97.1 cm³/mol. The van der Waals surface area contributed by atoms with Gasteiger partial charge in [0.2, 0.25) is 11.7 Å². The zero-order valence-corrected chi connectivity index (χ0v) is 15.3. The molecule has 1 aliphatic carbocycles. The maximum atomic E-state index is 12.6. The lowest BCUT2D eigenvalue weighted by Gasteiger charge is -2.13. The maximum Gasteiger partial charge on any atom is 0.254 e. The third-order valence-electron chi connectivity index (χ3n) is 4.73. The van der Waals surface area contributed by atoms with E-state index in [-0.39, 0.29) is 11.9 Å². The first-order valence-corrected chi connectivity index (χ1v) is 8.90. The topological polar surface area (TPSA) is 95.1 Å². The van der Waals surface area contributed by atoms with Crippen LogP contribution in [-0.2, 0) is 17.7 Å². The molecule has 8 heteroatoms. The Kier molecular flexibility index (Phi) is 4.72. The number of ether oxygens (including phenoxy) is 1. The molecule has 0 spiro atoms. The molecule has 0 saturated heterocycles. The molecule has 1 amide bonds. The molecule has 3 aromatic rings. The first kappa shape index (κ1) is 17.4. The number of fused-ring (bicyclic) bond motifs is 1. The first-order chi connectivity index (χ1) is 13.1. The molecule has 1 atom stereocenters. The smallest absolute Gasteiger partial charge is 0.254 e. The summed E-state index contributed by atoms with van der Waals surface area (Å²) in [6, 6.07) is 6.08. The Morgan fingerprint density at radius 1 is 1.44 bits per heavy atom. The van der Waals surface area contributed by atoms with Crippen molar-refractivity contribution in [1.82, 2.24) is 25.2 Å². The Morgan fingerprint density at radius 2 is 2.33 bits per heavy atom. The number of methoxy groups -OCH3 is 1. The summed E-state index contributed by atoms with van der Waals surface area (Å²) in [6.45, 7) is 2.95. The second kappa shape index (κ2) is 7.32. The van der Waals surface area contributed by atoms with Crippen LogP contribution in [0, 0.1) is 6.92 Å². The van der Waals surface area contributed by atoms with E-state index < -0.39 is 0 Å². The van der Waals surface area contributed by atoms with E-state index in [2.05, 4.69) is 26.6 Å². The van der Waals surface area contributed by atoms with Gasteiger partial charge in [0, 0.05) is 25.8 Å². The number of carbonyl (C=O) groups is 1. The molecule has 2 aromatic heterocycles. The second-order valence-corrected chi connectivity index (χ2v) is 6.60. The molecule has 27 heavy (non-hydrogen) atoms. The Hall–Kier alpha value is -3.00. The highest BCUT2D eigenvalue weighted by Gasteiger charge is 2.25. The van der Waals surface area contributed by atoms with Crippen molar-refractivity contribution in [1.29, 1.82) is 0 Å². The molecular formula is C19H21N5O3. The minimum atomic E-state index is -0.116. The van der Waals surface area contributed by atoms with Crippen molar-refractivity contribution < 1.29 is 14.1 Å². The summed E-state index contributed by atoms with van der Waals surface area (Å²) >= 11 is 0. The number of aromatic nitrogens is 4. The van der Waals surface area contributed by atoms with E-state index in [1.807, 2.05) is 12.1 Å². The van der Waals surface area contributed by atoms with Gasteiger partial charge in [-0.1, -0.05) is 17.3 Å². The Morgan fingerprint density at radius 3 is 3.11 bits per heavy atom. The molecule has 0 saturated carbocycles. The molecule has 1 N–H and O–H groups in total. The third kappa shape index (κ3) is 3.61. The van der Waals surface area contributed by atoms with Gasteiger partial charge < -0.3 is 14.6 Å². The molecule has 1 aromatic carbocycles. The van der Waals surface area contributed by atoms with Gasteiger partial charge in [-0.3, -0.25) is 9.48 Å². The van der Waals surface area contributed by atoms with Gasteiger partial charge in [0.1, 0.15) is 0 Å². The van der Waals surface area contributed by atoms with Gasteiger partial charge in [0.05, 0.1) is 31.0 Å². The molecule has 0 bridgehead atoms. The third-order valence-corrected chi connectivity index (χ3v) is 4.73. The number of rotatable bonds is 6. The average Bonchev–Trinajstić information content (AvgIpc) is 3.40. The molecule has 140 valence electrons. The number of hydrogen-bond acceptors (Lipinski definition) is 6. The van der Waals surface area contributed by atoms with Gasteiger partial charge in [-0.2, -0.15) is 10.1 Å². The lowest BCUT2D eigenvalue weighted by molar-refractivity contribution is 0.0936. The quantitative estimate of drug-likeness (QED) is 0.718. The molecule has 4 rings (SSSR count). The van der Waals surface area contributed by atoms with E-state index in [4.69, 9.17) is 9.26 Å². The monoisotopic (exact) mass is 367 g/mol. The van der Waals surface area contributed by atoms with Gasteiger partial charge in [0.15, 0.2) is 0 Å². The summed E-state index contributed by atoms with van der Waals surface area (Å²) in [6.07, 6.45) is 5.10. The fraction of sp³-hybridized carbons (Fsp3) is 0.368. The van der Waals surface area contributed by atoms with Crippen LogP contribution in [0.3, 0.4) is 0 Å². The number of benzene rings is 1. The fourth-order valence-corrected chi connectivity index (χ4v) is 3.35. The Bertz CT molecular complexity index is 962. The average molecular weight is 367 g/mol. The maximum absolute atomic E-state index is 12.6. The minimum absolute atomic E-state index is 0.00382. The van der Waals surface area contributed by atoms with Gasteiger partial charge in [-0.15, -0.1) is 0 Å². The van der Waals surface area contributed by atoms with Crippen LogP contribution in [0.2, 0.25) is 0 Å². The van der Waals surface area contributed by atoms with Gasteiger partial charge >= 0.3 is 0 Å². The fourth-order valence-electron chi connectivity index (χ4n) is 3.35. The molecule has 0 aliphatic heterocycles. The van der Waals surface area contributed by atoms with Crippen LogP contribution in [0.1, 0.15) is 39.8 Å². The van der Waals surface area contributed by atoms with Gasteiger partial charge in [0.25, 0.3) is 5.91 Å². The molecule has 0 unspecified atom stereocenters. The number of nitrogens with one attached hydrogen (secondary N) is 1. The number of amides is 1. The second-order valence-electron chi connectivity index (χ2n) is 6.60. The normalized spacial score (nSPS) is 15.7. The largest absolute Gasteiger partial charge is 0.383 e. The van der Waals surface area contributed by atoms with Gasteiger partial charge in [-0.25, -0.2) is 0 Å². The highest BCUT2D eigenvalue weighted by atomic mass is 16.5. The predicted octanol–water partition coefficient (Wildman–Crippen LogP) is 2.31. The summed E-state index contributed by atoms with van der Waals surface area (Å²) in [5.74, 6) is 1.02. The first-order valence-electron chi connectivity index (χ1n) is 8.90. The Labute approximate surface area is 156 Å². The molecule has 0 fully saturated rings. The number of hydrogen-bond donors (Lipinski definition) is 1. The molecular weight excluding hydrogens is 346 g/mol. The van der Waals surface area contributed by atoms with Crippen molar-refractivity contribution in [2.45, 2.75) is 32.4 Å². The summed E-state index contributed by atoms with van der Waals surface area (Å²) < 4.78 is 11.8. The van der Waals surface area contributed by atoms with Crippen molar-refractivity contribution >= 4 is 5.91 Å². The molecule has 1 aliphatic rings. The van der Waals surface area contributed by atoms with Crippen LogP contribution >= 0.6 is 0 Å². The van der Waals surface area contributed by atoms with E-state index in [1.165, 1.54) is 5.56 Å². The highest BCUT2D eigenvalue weighted by Crippen LogP contribution is 2.33. The molecule has 8 nitrogen and oxygen atoms in total. The standard InChI is InChI=1S/C19H21N5O3/c1-12-21-18(23-27-12)14-3-5-16-13(9-14)4-6-17(16)22-19(25)15-10-20-24(11-15)7-8-26-2/h3,5,9-11,17H,4,6-8H2,1-2H3,(H,22,25)/t17-/m1/s1. The van der Waals surface area contributed by atoms with Crippen molar-refractivity contribution in [2.24, 2.45) is 0 Å². The van der Waals surface area contributed by atoms with Crippen LogP contribution < -0.4 is 5.32 Å². The van der Waals surface area contributed by atoms with Crippen LogP contribution in [0.5, 0.6) is 0 Å². The van der Waals surface area contributed by atoms with Crippen LogP contribution in [0.25, 0.3) is 11.4 Å². The molecule has 0 radical (unpaired) electrons. The zero-order valence-electron chi connectivity index (χ0n) is 15.3. The van der Waals surface area contributed by atoms with Crippen LogP contribution in [0.15, 0.2) is 35.1 Å². The van der Waals surface area contributed by atoms with E-state index in [0.717, 1.165) is 24.0 Å². The van der Waals surface area contributed by atoms with Crippen molar-refractivity contribution in [3.8, 4) is 11.4 Å². The lowest BCUT2D eigenvalue weighted by Crippen LogP contribution is -2.26. The SMILES string of the molecule is COCCn1cc(C(=O)N[C@@H]2CCc3cc(-c4noc(C)n4)ccc32)cn1. The number of aryl methyl sites for hydroxylation is 2. The Balaban J connectivity index is 1.46. The lowest BCUT2D eigenvalue weighted by atomic mass is 10.0. The summed E-state index contributed by atoms with van der Waals surface area (Å²) in [4.78, 5) is 16.8. The summed E-state index contributed by atoms with van der Waals surface area (Å²) in [5, 5.41) is 11.3. The summed E-state index contributed by atoms with van der Waals surface area (Å²) in [5.41, 5.74) is 3.82. The highest BCUT2D eigenvalue weighted by molar-refractivity contribution is 5.94. The van der Waals surface area contributed by atoms with Gasteiger partial charge in [-0.05, 0) is 30.0 Å². The van der Waals surface area contributed by atoms with E-state index in [9.17, 15) is 4.79 Å². The minimum Gasteiger partial charge on any atom is -0.383 e. The molecule has 2 heterocycles. The number of carbonyl (C=O) groups excluding carboxylic acids is 1. The van der Waals surface area contributed by atoms with E-state index in [1.54, 1.807) is 31.1 Å². The number of nitrogens with zero attached hydrogens (tertiary/aromatic N) is 4. The zero-order chi connectivity index (χ0) is 18.8. The van der Waals surface area contributed by atoms with Crippen LogP contribution in [-0.4, -0.2) is 39.5 Å². The van der Waals surface area contributed by atoms with Crippen molar-refractivity contribution in [3.63, 3.8) is 0 Å². The van der Waals surface area contributed by atoms with E-state index in [0.29, 0.717) is 30.4 Å². The van der Waals surface area contributed by atoms with Crippen molar-refractivity contribution in [2.75, 3.05) is 13.7 Å².